The molecule has 16 heavy (non-hydrogen) atoms. The first-order valence-corrected chi connectivity index (χ1v) is 7.91. The summed E-state index contributed by atoms with van der Waals surface area (Å²) in [5, 5.41) is 3.31. The van der Waals surface area contributed by atoms with Crippen LogP contribution in [0, 0.1) is 5.92 Å². The van der Waals surface area contributed by atoms with Crippen molar-refractivity contribution in [3.63, 3.8) is 0 Å². The van der Waals surface area contributed by atoms with Crippen LogP contribution in [0.1, 0.15) is 39.5 Å². The monoisotopic (exact) mass is 248 g/mol. The Bertz CT molecular complexity index is 284. The molecule has 0 aromatic rings. The van der Waals surface area contributed by atoms with Crippen molar-refractivity contribution in [3.8, 4) is 0 Å². The van der Waals surface area contributed by atoms with Gasteiger partial charge >= 0.3 is 0 Å². The van der Waals surface area contributed by atoms with Gasteiger partial charge in [-0.05, 0) is 45.2 Å². The van der Waals surface area contributed by atoms with Crippen LogP contribution in [0.2, 0.25) is 0 Å². The molecule has 96 valence electrons. The Kier molecular flexibility index (Phi) is 5.72. The van der Waals surface area contributed by atoms with Gasteiger partial charge in [0, 0.05) is 6.04 Å². The van der Waals surface area contributed by atoms with Crippen molar-refractivity contribution >= 4 is 10.0 Å². The van der Waals surface area contributed by atoms with Crippen molar-refractivity contribution in [1.29, 1.82) is 0 Å². The van der Waals surface area contributed by atoms with E-state index in [4.69, 9.17) is 0 Å². The van der Waals surface area contributed by atoms with Crippen LogP contribution in [0.15, 0.2) is 0 Å². The molecule has 1 heterocycles. The van der Waals surface area contributed by atoms with E-state index in [0.717, 1.165) is 38.8 Å². The minimum atomic E-state index is -3.07. The maximum Gasteiger partial charge on any atom is 0.211 e. The molecular formula is C11H24N2O2S. The molecule has 1 saturated heterocycles. The Hall–Kier alpha value is -0.130. The van der Waals surface area contributed by atoms with Crippen LogP contribution in [0.3, 0.4) is 0 Å². The lowest BCUT2D eigenvalue weighted by atomic mass is 9.94. The van der Waals surface area contributed by atoms with Crippen molar-refractivity contribution in [2.75, 3.05) is 18.8 Å². The zero-order valence-electron chi connectivity index (χ0n) is 10.3. The summed E-state index contributed by atoms with van der Waals surface area (Å²) in [5.41, 5.74) is 0. The lowest BCUT2D eigenvalue weighted by molar-refractivity contribution is 0.320. The smallest absolute Gasteiger partial charge is 0.211 e. The van der Waals surface area contributed by atoms with Crippen molar-refractivity contribution in [2.45, 2.75) is 45.6 Å². The fourth-order valence-electron chi connectivity index (χ4n) is 2.08. The van der Waals surface area contributed by atoms with Gasteiger partial charge in [0.25, 0.3) is 0 Å². The standard InChI is InChI=1S/C11H24N2O2S/c1-3-4-8-16(14,15)13-10(2)11-6-5-7-12-9-11/h10-13H,3-9H2,1-2H3. The minimum Gasteiger partial charge on any atom is -0.316 e. The number of piperidine rings is 1. The van der Waals surface area contributed by atoms with E-state index in [9.17, 15) is 8.42 Å². The molecule has 1 rings (SSSR count). The van der Waals surface area contributed by atoms with Gasteiger partial charge in [0.15, 0.2) is 0 Å². The van der Waals surface area contributed by atoms with E-state index in [2.05, 4.69) is 10.0 Å². The molecule has 1 fully saturated rings. The topological polar surface area (TPSA) is 58.2 Å². The van der Waals surface area contributed by atoms with Crippen molar-refractivity contribution in [2.24, 2.45) is 5.92 Å². The van der Waals surface area contributed by atoms with Crippen molar-refractivity contribution < 1.29 is 8.42 Å². The van der Waals surface area contributed by atoms with E-state index in [0.29, 0.717) is 5.92 Å². The van der Waals surface area contributed by atoms with Gasteiger partial charge in [-0.1, -0.05) is 13.3 Å². The Morgan fingerprint density at radius 1 is 1.50 bits per heavy atom. The van der Waals surface area contributed by atoms with Gasteiger partial charge in [0.2, 0.25) is 10.0 Å². The molecule has 5 heteroatoms. The highest BCUT2D eigenvalue weighted by Gasteiger charge is 2.23. The highest BCUT2D eigenvalue weighted by Crippen LogP contribution is 2.14. The van der Waals surface area contributed by atoms with Gasteiger partial charge in [-0.3, -0.25) is 0 Å². The molecule has 1 aliphatic heterocycles. The summed E-state index contributed by atoms with van der Waals surface area (Å²) < 4.78 is 26.2. The SMILES string of the molecule is CCCCS(=O)(=O)NC(C)C1CCCNC1. The molecule has 2 N–H and O–H groups in total. The zero-order valence-corrected chi connectivity index (χ0v) is 11.1. The Labute approximate surface area is 99.2 Å². The summed E-state index contributed by atoms with van der Waals surface area (Å²) in [7, 11) is -3.07. The van der Waals surface area contributed by atoms with Crippen LogP contribution < -0.4 is 10.0 Å². The first-order chi connectivity index (χ1) is 7.55. The normalized spacial score (nSPS) is 24.2. The lowest BCUT2D eigenvalue weighted by Gasteiger charge is -2.28. The molecular weight excluding hydrogens is 224 g/mol. The molecule has 0 aromatic carbocycles. The Morgan fingerprint density at radius 2 is 2.25 bits per heavy atom. The van der Waals surface area contributed by atoms with E-state index in [1.807, 2.05) is 13.8 Å². The third-order valence-electron chi connectivity index (χ3n) is 3.17. The predicted octanol–water partition coefficient (Wildman–Crippen LogP) is 1.09. The second-order valence-corrected chi connectivity index (χ2v) is 6.56. The van der Waals surface area contributed by atoms with Crippen LogP contribution >= 0.6 is 0 Å². The number of hydrogen-bond acceptors (Lipinski definition) is 3. The first kappa shape index (κ1) is 13.9. The maximum atomic E-state index is 11.7. The summed E-state index contributed by atoms with van der Waals surface area (Å²) in [6.45, 7) is 5.97. The van der Waals surface area contributed by atoms with Gasteiger partial charge in [0.1, 0.15) is 0 Å². The average Bonchev–Trinajstić information content (AvgIpc) is 2.27. The van der Waals surface area contributed by atoms with E-state index >= 15 is 0 Å². The van der Waals surface area contributed by atoms with Gasteiger partial charge in [0.05, 0.1) is 5.75 Å². The van der Waals surface area contributed by atoms with Crippen LogP contribution in [0.5, 0.6) is 0 Å². The minimum absolute atomic E-state index is 0.0506. The summed E-state index contributed by atoms with van der Waals surface area (Å²) in [6, 6.07) is 0.0506. The molecule has 2 atom stereocenters. The quantitative estimate of drug-likeness (QED) is 0.740. The molecule has 0 spiro atoms. The molecule has 0 aromatic heterocycles. The lowest BCUT2D eigenvalue weighted by Crippen LogP contribution is -2.45. The fourth-order valence-corrected chi connectivity index (χ4v) is 3.62. The second-order valence-electron chi connectivity index (χ2n) is 4.69. The van der Waals surface area contributed by atoms with Crippen LogP contribution in [0.4, 0.5) is 0 Å². The van der Waals surface area contributed by atoms with E-state index in [1.165, 1.54) is 0 Å². The molecule has 0 saturated carbocycles. The number of unbranched alkanes of at least 4 members (excludes halogenated alkanes) is 1. The molecule has 1 aliphatic rings. The molecule has 0 aliphatic carbocycles. The van der Waals surface area contributed by atoms with Gasteiger partial charge in [-0.15, -0.1) is 0 Å². The van der Waals surface area contributed by atoms with Crippen molar-refractivity contribution in [1.82, 2.24) is 10.0 Å². The summed E-state index contributed by atoms with van der Waals surface area (Å²) in [5.74, 6) is 0.693. The third kappa shape index (κ3) is 4.80. The fraction of sp³-hybridized carbons (Fsp3) is 1.00. The average molecular weight is 248 g/mol. The highest BCUT2D eigenvalue weighted by molar-refractivity contribution is 7.89. The van der Waals surface area contributed by atoms with E-state index in [-0.39, 0.29) is 11.8 Å². The van der Waals surface area contributed by atoms with E-state index < -0.39 is 10.0 Å². The Balaban J connectivity index is 2.39. The summed E-state index contributed by atoms with van der Waals surface area (Å²) in [6.07, 6.45) is 3.92. The van der Waals surface area contributed by atoms with Crippen LogP contribution in [-0.4, -0.2) is 33.3 Å². The van der Waals surface area contributed by atoms with Crippen LogP contribution in [-0.2, 0) is 10.0 Å². The van der Waals surface area contributed by atoms with Crippen LogP contribution in [0.25, 0.3) is 0 Å². The number of rotatable bonds is 6. The summed E-state index contributed by atoms with van der Waals surface area (Å²) in [4.78, 5) is 0. The second kappa shape index (κ2) is 6.57. The molecule has 2 unspecified atom stereocenters. The molecule has 4 nitrogen and oxygen atoms in total. The Morgan fingerprint density at radius 3 is 2.81 bits per heavy atom. The number of sulfonamides is 1. The molecule has 0 bridgehead atoms. The number of nitrogens with one attached hydrogen (secondary N) is 2. The van der Waals surface area contributed by atoms with Gasteiger partial charge < -0.3 is 5.32 Å². The summed E-state index contributed by atoms with van der Waals surface area (Å²) >= 11 is 0. The maximum absolute atomic E-state index is 11.7. The van der Waals surface area contributed by atoms with E-state index in [1.54, 1.807) is 0 Å². The van der Waals surface area contributed by atoms with Crippen molar-refractivity contribution in [3.05, 3.63) is 0 Å². The largest absolute Gasteiger partial charge is 0.316 e. The molecule has 0 amide bonds. The van der Waals surface area contributed by atoms with Gasteiger partial charge in [-0.25, -0.2) is 13.1 Å². The highest BCUT2D eigenvalue weighted by atomic mass is 32.2. The predicted molar refractivity (Wildman–Crippen MR) is 66.9 cm³/mol. The first-order valence-electron chi connectivity index (χ1n) is 6.26. The third-order valence-corrected chi connectivity index (χ3v) is 4.73. The van der Waals surface area contributed by atoms with Gasteiger partial charge in [-0.2, -0.15) is 0 Å². The number of hydrogen-bond donors (Lipinski definition) is 2. The molecule has 0 radical (unpaired) electrons. The zero-order chi connectivity index (χ0) is 12.0.